The van der Waals surface area contributed by atoms with Crippen molar-refractivity contribution in [3.05, 3.63) is 11.7 Å². The number of nitrogens with zero attached hydrogens (tertiary/aromatic N) is 3. The summed E-state index contributed by atoms with van der Waals surface area (Å²) in [7, 11) is 0. The molecule has 1 aromatic rings. The van der Waals surface area contributed by atoms with E-state index in [1.165, 1.54) is 12.8 Å². The Kier molecular flexibility index (Phi) is 4.93. The van der Waals surface area contributed by atoms with Gasteiger partial charge in [-0.3, -0.25) is 4.90 Å². The Balaban J connectivity index is 1.88. The highest BCUT2D eigenvalue weighted by atomic mass is 16.5. The molecule has 0 aliphatic carbocycles. The predicted octanol–water partition coefficient (Wildman–Crippen LogP) is 1.83. The van der Waals surface area contributed by atoms with Gasteiger partial charge in [0.05, 0.1) is 6.54 Å². The van der Waals surface area contributed by atoms with Crippen molar-refractivity contribution in [2.45, 2.75) is 52.6 Å². The minimum atomic E-state index is 0.268. The standard InChI is InChI=1S/C14H26N4O/c1-10(2)7-14-16-13(17-19-14)9-18-6-4-5-12(8-18)11(3)15/h10-12H,4-9,15H2,1-3H3. The van der Waals surface area contributed by atoms with Crippen LogP contribution in [-0.2, 0) is 13.0 Å². The van der Waals surface area contributed by atoms with Crippen LogP contribution in [0.15, 0.2) is 4.52 Å². The van der Waals surface area contributed by atoms with Crippen molar-refractivity contribution in [3.63, 3.8) is 0 Å². The van der Waals surface area contributed by atoms with Crippen LogP contribution >= 0.6 is 0 Å². The molecule has 108 valence electrons. The van der Waals surface area contributed by atoms with Crippen molar-refractivity contribution < 1.29 is 4.52 Å². The zero-order valence-electron chi connectivity index (χ0n) is 12.3. The van der Waals surface area contributed by atoms with Gasteiger partial charge in [0, 0.05) is 19.0 Å². The second-order valence-electron chi connectivity index (χ2n) is 6.20. The molecule has 2 rings (SSSR count). The van der Waals surface area contributed by atoms with Gasteiger partial charge in [0.1, 0.15) is 0 Å². The first-order valence-electron chi connectivity index (χ1n) is 7.34. The van der Waals surface area contributed by atoms with Crippen molar-refractivity contribution in [2.24, 2.45) is 17.6 Å². The third-order valence-corrected chi connectivity index (χ3v) is 3.74. The van der Waals surface area contributed by atoms with Crippen LogP contribution < -0.4 is 5.73 Å². The Morgan fingerprint density at radius 3 is 2.89 bits per heavy atom. The molecular weight excluding hydrogens is 240 g/mol. The van der Waals surface area contributed by atoms with Gasteiger partial charge in [0.15, 0.2) is 5.82 Å². The Bertz CT molecular complexity index is 389. The minimum absolute atomic E-state index is 0.268. The number of rotatable bonds is 5. The number of aromatic nitrogens is 2. The molecule has 5 nitrogen and oxygen atoms in total. The third-order valence-electron chi connectivity index (χ3n) is 3.74. The smallest absolute Gasteiger partial charge is 0.226 e. The van der Waals surface area contributed by atoms with Crippen molar-refractivity contribution >= 4 is 0 Å². The zero-order chi connectivity index (χ0) is 13.8. The fourth-order valence-electron chi connectivity index (χ4n) is 2.65. The highest BCUT2D eigenvalue weighted by molar-refractivity contribution is 4.89. The van der Waals surface area contributed by atoms with E-state index in [9.17, 15) is 0 Å². The Morgan fingerprint density at radius 2 is 2.21 bits per heavy atom. The Labute approximate surface area is 115 Å². The molecular formula is C14H26N4O. The maximum atomic E-state index is 6.01. The van der Waals surface area contributed by atoms with Crippen molar-refractivity contribution in [3.8, 4) is 0 Å². The molecule has 0 bridgehead atoms. The molecule has 19 heavy (non-hydrogen) atoms. The summed E-state index contributed by atoms with van der Waals surface area (Å²) in [5.41, 5.74) is 6.01. The second-order valence-corrected chi connectivity index (χ2v) is 6.20. The number of piperidine rings is 1. The van der Waals surface area contributed by atoms with Gasteiger partial charge in [0.25, 0.3) is 0 Å². The molecule has 1 fully saturated rings. The van der Waals surface area contributed by atoms with Gasteiger partial charge in [-0.15, -0.1) is 0 Å². The average Bonchev–Trinajstić information content (AvgIpc) is 2.76. The van der Waals surface area contributed by atoms with E-state index in [0.717, 1.165) is 37.8 Å². The monoisotopic (exact) mass is 266 g/mol. The predicted molar refractivity (Wildman–Crippen MR) is 74.5 cm³/mol. The van der Waals surface area contributed by atoms with Crippen LogP contribution in [-0.4, -0.2) is 34.2 Å². The van der Waals surface area contributed by atoms with Crippen LogP contribution in [0, 0.1) is 11.8 Å². The van der Waals surface area contributed by atoms with Gasteiger partial charge in [-0.05, 0) is 38.1 Å². The summed E-state index contributed by atoms with van der Waals surface area (Å²) in [6, 6.07) is 0.268. The van der Waals surface area contributed by atoms with Crippen molar-refractivity contribution in [2.75, 3.05) is 13.1 Å². The molecule has 0 saturated carbocycles. The Hall–Kier alpha value is -0.940. The molecule has 1 aliphatic rings. The summed E-state index contributed by atoms with van der Waals surface area (Å²) in [5.74, 6) is 2.70. The summed E-state index contributed by atoms with van der Waals surface area (Å²) in [4.78, 5) is 6.85. The molecule has 0 radical (unpaired) electrons. The molecule has 1 aromatic heterocycles. The molecule has 0 spiro atoms. The quantitative estimate of drug-likeness (QED) is 0.880. The fraction of sp³-hybridized carbons (Fsp3) is 0.857. The van der Waals surface area contributed by atoms with Crippen molar-refractivity contribution in [1.82, 2.24) is 15.0 Å². The Morgan fingerprint density at radius 1 is 1.42 bits per heavy atom. The second kappa shape index (κ2) is 6.48. The summed E-state index contributed by atoms with van der Waals surface area (Å²) >= 11 is 0. The van der Waals surface area contributed by atoms with E-state index in [4.69, 9.17) is 10.3 Å². The summed E-state index contributed by atoms with van der Waals surface area (Å²) in [6.07, 6.45) is 3.30. The number of nitrogens with two attached hydrogens (primary N) is 1. The molecule has 1 saturated heterocycles. The van der Waals surface area contributed by atoms with Gasteiger partial charge in [-0.25, -0.2) is 0 Å². The molecule has 1 aliphatic heterocycles. The highest BCUT2D eigenvalue weighted by Gasteiger charge is 2.23. The van der Waals surface area contributed by atoms with Crippen LogP contribution in [0.25, 0.3) is 0 Å². The minimum Gasteiger partial charge on any atom is -0.339 e. The van der Waals surface area contributed by atoms with Crippen LogP contribution in [0.2, 0.25) is 0 Å². The first kappa shape index (κ1) is 14.5. The lowest BCUT2D eigenvalue weighted by Crippen LogP contribution is -2.42. The van der Waals surface area contributed by atoms with E-state index in [-0.39, 0.29) is 6.04 Å². The maximum absolute atomic E-state index is 6.01. The normalized spacial score (nSPS) is 22.9. The van der Waals surface area contributed by atoms with E-state index < -0.39 is 0 Å². The van der Waals surface area contributed by atoms with E-state index >= 15 is 0 Å². The van der Waals surface area contributed by atoms with E-state index in [0.29, 0.717) is 11.8 Å². The van der Waals surface area contributed by atoms with Gasteiger partial charge in [0.2, 0.25) is 5.89 Å². The van der Waals surface area contributed by atoms with Gasteiger partial charge in [-0.2, -0.15) is 4.98 Å². The topological polar surface area (TPSA) is 68.2 Å². The molecule has 0 aromatic carbocycles. The summed E-state index contributed by atoms with van der Waals surface area (Å²) < 4.78 is 5.28. The van der Waals surface area contributed by atoms with Crippen LogP contribution in [0.5, 0.6) is 0 Å². The summed E-state index contributed by atoms with van der Waals surface area (Å²) in [5, 5.41) is 4.07. The summed E-state index contributed by atoms with van der Waals surface area (Å²) in [6.45, 7) is 9.35. The van der Waals surface area contributed by atoms with Crippen LogP contribution in [0.4, 0.5) is 0 Å². The molecule has 2 atom stereocenters. The fourth-order valence-corrected chi connectivity index (χ4v) is 2.65. The molecule has 2 unspecified atom stereocenters. The highest BCUT2D eigenvalue weighted by Crippen LogP contribution is 2.20. The third kappa shape index (κ3) is 4.28. The average molecular weight is 266 g/mol. The molecule has 2 N–H and O–H groups in total. The van der Waals surface area contributed by atoms with E-state index in [2.05, 4.69) is 35.8 Å². The maximum Gasteiger partial charge on any atom is 0.226 e. The zero-order valence-corrected chi connectivity index (χ0v) is 12.3. The SMILES string of the molecule is CC(C)Cc1nc(CN2CCCC(C(C)N)C2)no1. The molecule has 0 amide bonds. The first-order valence-corrected chi connectivity index (χ1v) is 7.34. The number of hydrogen-bond donors (Lipinski definition) is 1. The van der Waals surface area contributed by atoms with E-state index in [1.807, 2.05) is 0 Å². The van der Waals surface area contributed by atoms with E-state index in [1.54, 1.807) is 0 Å². The number of likely N-dealkylation sites (tertiary alicyclic amines) is 1. The van der Waals surface area contributed by atoms with Crippen LogP contribution in [0.3, 0.4) is 0 Å². The molecule has 2 heterocycles. The lowest BCUT2D eigenvalue weighted by atomic mass is 9.92. The lowest BCUT2D eigenvalue weighted by Gasteiger charge is -2.33. The first-order chi connectivity index (χ1) is 9.04. The number of hydrogen-bond acceptors (Lipinski definition) is 5. The van der Waals surface area contributed by atoms with Gasteiger partial charge >= 0.3 is 0 Å². The largest absolute Gasteiger partial charge is 0.339 e. The van der Waals surface area contributed by atoms with Gasteiger partial charge < -0.3 is 10.3 Å². The lowest BCUT2D eigenvalue weighted by molar-refractivity contribution is 0.150. The molecule has 5 heteroatoms. The van der Waals surface area contributed by atoms with Crippen molar-refractivity contribution in [1.29, 1.82) is 0 Å². The van der Waals surface area contributed by atoms with Crippen LogP contribution in [0.1, 0.15) is 45.3 Å². The van der Waals surface area contributed by atoms with Gasteiger partial charge in [-0.1, -0.05) is 19.0 Å².